The van der Waals surface area contributed by atoms with Crippen molar-refractivity contribution in [2.75, 3.05) is 18.5 Å². The number of carbonyl (C=O) groups is 1. The molecule has 1 aliphatic heterocycles. The van der Waals surface area contributed by atoms with Crippen LogP contribution in [0.15, 0.2) is 24.4 Å². The Hall–Kier alpha value is -2.61. The van der Waals surface area contributed by atoms with Gasteiger partial charge in [-0.15, -0.1) is 0 Å². The summed E-state index contributed by atoms with van der Waals surface area (Å²) in [5.41, 5.74) is 3.46. The Labute approximate surface area is 176 Å². The molecule has 160 valence electrons. The Bertz CT molecular complexity index is 886. The highest BCUT2D eigenvalue weighted by molar-refractivity contribution is 5.76. The van der Waals surface area contributed by atoms with E-state index in [9.17, 15) is 9.18 Å². The first-order chi connectivity index (χ1) is 14.6. The van der Waals surface area contributed by atoms with E-state index in [0.29, 0.717) is 47.7 Å². The van der Waals surface area contributed by atoms with Crippen LogP contribution < -0.4 is 11.3 Å². The van der Waals surface area contributed by atoms with E-state index in [1.807, 2.05) is 4.90 Å². The Kier molecular flexibility index (Phi) is 6.52. The number of anilines is 1. The Morgan fingerprint density at radius 2 is 1.97 bits per heavy atom. The molecule has 2 aromatic heterocycles. The molecular formula is C22H29FN6O. The summed E-state index contributed by atoms with van der Waals surface area (Å²) in [6.07, 6.45) is 8.78. The third kappa shape index (κ3) is 4.92. The summed E-state index contributed by atoms with van der Waals surface area (Å²) >= 11 is 0. The number of nitrogens with two attached hydrogens (primary N) is 1. The molecule has 2 aliphatic rings. The fourth-order valence-corrected chi connectivity index (χ4v) is 4.70. The quantitative estimate of drug-likeness (QED) is 0.558. The zero-order valence-corrected chi connectivity index (χ0v) is 17.2. The maximum atomic E-state index is 14.5. The molecule has 7 nitrogen and oxygen atoms in total. The van der Waals surface area contributed by atoms with Crippen LogP contribution >= 0.6 is 0 Å². The van der Waals surface area contributed by atoms with E-state index in [0.717, 1.165) is 51.6 Å². The lowest BCUT2D eigenvalue weighted by molar-refractivity contribution is -0.131. The molecule has 4 rings (SSSR count). The van der Waals surface area contributed by atoms with E-state index in [2.05, 4.69) is 20.4 Å². The first kappa shape index (κ1) is 20.7. The molecule has 2 fully saturated rings. The number of carbonyl (C=O) groups excluding carboxylic acids is 1. The second-order valence-electron chi connectivity index (χ2n) is 8.44. The minimum absolute atomic E-state index is 0.285. The van der Waals surface area contributed by atoms with Crippen LogP contribution in [0, 0.1) is 17.7 Å². The first-order valence-electron chi connectivity index (χ1n) is 10.9. The molecule has 8 heteroatoms. The minimum Gasteiger partial charge on any atom is -0.343 e. The van der Waals surface area contributed by atoms with Crippen molar-refractivity contribution < 1.29 is 9.18 Å². The molecule has 0 bridgehead atoms. The molecule has 3 N–H and O–H groups in total. The number of halogens is 1. The van der Waals surface area contributed by atoms with E-state index < -0.39 is 0 Å². The minimum atomic E-state index is -0.387. The first-order valence-corrected chi connectivity index (χ1v) is 10.9. The van der Waals surface area contributed by atoms with Crippen molar-refractivity contribution in [3.8, 4) is 11.5 Å². The summed E-state index contributed by atoms with van der Waals surface area (Å²) in [6.45, 7) is 1.80. The van der Waals surface area contributed by atoms with Crippen molar-refractivity contribution in [3.63, 3.8) is 0 Å². The maximum absolute atomic E-state index is 14.5. The third-order valence-corrected chi connectivity index (χ3v) is 6.24. The van der Waals surface area contributed by atoms with Crippen LogP contribution in [0.4, 0.5) is 10.2 Å². The zero-order chi connectivity index (χ0) is 20.9. The molecule has 0 aromatic carbocycles. The number of aromatic nitrogens is 3. The highest BCUT2D eigenvalue weighted by Gasteiger charge is 2.28. The van der Waals surface area contributed by atoms with E-state index in [-0.39, 0.29) is 11.7 Å². The summed E-state index contributed by atoms with van der Waals surface area (Å²) in [7, 11) is 0. The van der Waals surface area contributed by atoms with Crippen LogP contribution in [0.3, 0.4) is 0 Å². The van der Waals surface area contributed by atoms with Crippen molar-refractivity contribution in [1.29, 1.82) is 0 Å². The molecule has 3 heterocycles. The van der Waals surface area contributed by atoms with Gasteiger partial charge in [-0.2, -0.15) is 0 Å². The van der Waals surface area contributed by atoms with Gasteiger partial charge in [0.15, 0.2) is 11.6 Å². The van der Waals surface area contributed by atoms with Gasteiger partial charge in [-0.25, -0.2) is 25.2 Å². The number of rotatable bonds is 6. The van der Waals surface area contributed by atoms with Gasteiger partial charge in [0.25, 0.3) is 0 Å². The number of hydrazine groups is 1. The van der Waals surface area contributed by atoms with Gasteiger partial charge in [0, 0.05) is 19.5 Å². The largest absolute Gasteiger partial charge is 0.343 e. The molecular weight excluding hydrogens is 383 g/mol. The van der Waals surface area contributed by atoms with Crippen molar-refractivity contribution in [1.82, 2.24) is 19.9 Å². The summed E-state index contributed by atoms with van der Waals surface area (Å²) in [5, 5.41) is 0. The van der Waals surface area contributed by atoms with E-state index in [1.54, 1.807) is 18.2 Å². The van der Waals surface area contributed by atoms with Gasteiger partial charge in [-0.1, -0.05) is 18.9 Å². The normalized spacial score (nSPS) is 21.6. The van der Waals surface area contributed by atoms with Crippen LogP contribution in [0.25, 0.3) is 11.5 Å². The van der Waals surface area contributed by atoms with Crippen LogP contribution in [-0.4, -0.2) is 38.8 Å². The van der Waals surface area contributed by atoms with Gasteiger partial charge in [-0.3, -0.25) is 4.79 Å². The molecule has 0 radical (unpaired) electrons. The summed E-state index contributed by atoms with van der Waals surface area (Å²) < 4.78 is 14.5. The lowest BCUT2D eigenvalue weighted by Crippen LogP contribution is -2.31. The molecule has 1 aliphatic carbocycles. The van der Waals surface area contributed by atoms with Gasteiger partial charge in [0.05, 0.1) is 11.9 Å². The van der Waals surface area contributed by atoms with Crippen LogP contribution in [0.1, 0.15) is 50.6 Å². The average Bonchev–Trinajstić information content (AvgIpc) is 3.31. The third-order valence-electron chi connectivity index (χ3n) is 6.24. The Morgan fingerprint density at radius 1 is 1.17 bits per heavy atom. The van der Waals surface area contributed by atoms with E-state index in [1.165, 1.54) is 6.20 Å². The smallest absolute Gasteiger partial charge is 0.222 e. The fraction of sp³-hybridized carbons (Fsp3) is 0.545. The molecule has 1 saturated heterocycles. The van der Waals surface area contributed by atoms with Gasteiger partial charge in [0.1, 0.15) is 11.5 Å². The number of likely N-dealkylation sites (tertiary alicyclic amines) is 1. The topological polar surface area (TPSA) is 97.0 Å². The highest BCUT2D eigenvalue weighted by Crippen LogP contribution is 2.34. The van der Waals surface area contributed by atoms with Crippen molar-refractivity contribution in [2.45, 2.75) is 51.4 Å². The van der Waals surface area contributed by atoms with E-state index >= 15 is 0 Å². The fourth-order valence-electron chi connectivity index (χ4n) is 4.70. The number of amides is 1. The molecule has 1 saturated carbocycles. The Balaban J connectivity index is 1.42. The predicted octanol–water partition coefficient (Wildman–Crippen LogP) is 3.32. The van der Waals surface area contributed by atoms with Crippen molar-refractivity contribution in [2.24, 2.45) is 17.7 Å². The van der Waals surface area contributed by atoms with Crippen LogP contribution in [0.2, 0.25) is 0 Å². The van der Waals surface area contributed by atoms with Crippen LogP contribution in [0.5, 0.6) is 0 Å². The summed E-state index contributed by atoms with van der Waals surface area (Å²) in [4.78, 5) is 27.4. The van der Waals surface area contributed by atoms with E-state index in [4.69, 9.17) is 5.84 Å². The van der Waals surface area contributed by atoms with Gasteiger partial charge in [0.2, 0.25) is 5.91 Å². The molecule has 30 heavy (non-hydrogen) atoms. The molecule has 1 amide bonds. The lowest BCUT2D eigenvalue weighted by Gasteiger charge is -2.30. The molecule has 0 unspecified atom stereocenters. The molecule has 2 aromatic rings. The number of hydrogen-bond donors (Lipinski definition) is 2. The monoisotopic (exact) mass is 412 g/mol. The van der Waals surface area contributed by atoms with Gasteiger partial charge in [-0.05, 0) is 56.1 Å². The lowest BCUT2D eigenvalue weighted by atomic mass is 9.77. The zero-order valence-electron chi connectivity index (χ0n) is 17.2. The second kappa shape index (κ2) is 9.47. The number of nitrogens with zero attached hydrogens (tertiary/aromatic N) is 4. The molecule has 2 atom stereocenters. The second-order valence-corrected chi connectivity index (χ2v) is 8.44. The standard InChI is InChI=1S/C22H29FN6O/c23-17-14-25-22(18-7-4-8-20(26-18)28-24)27-19(17)12-15-5-3-6-16(11-15)13-21(30)29-9-1-2-10-29/h4,7-8,14-16H,1-3,5-6,9-13,24H2,(H,26,28)/t15-,16+/m0/s1. The van der Waals surface area contributed by atoms with Crippen LogP contribution in [-0.2, 0) is 11.2 Å². The highest BCUT2D eigenvalue weighted by atomic mass is 19.1. The summed E-state index contributed by atoms with van der Waals surface area (Å²) in [5.74, 6) is 6.92. The Morgan fingerprint density at radius 3 is 2.77 bits per heavy atom. The number of hydrogen-bond acceptors (Lipinski definition) is 6. The number of nitrogens with one attached hydrogen (secondary N) is 1. The van der Waals surface area contributed by atoms with Gasteiger partial charge >= 0.3 is 0 Å². The number of pyridine rings is 1. The predicted molar refractivity (Wildman–Crippen MR) is 113 cm³/mol. The van der Waals surface area contributed by atoms with Gasteiger partial charge < -0.3 is 10.3 Å². The summed E-state index contributed by atoms with van der Waals surface area (Å²) in [6, 6.07) is 5.31. The maximum Gasteiger partial charge on any atom is 0.222 e. The molecule has 0 spiro atoms. The number of nitrogen functional groups attached to an aromatic ring is 1. The van der Waals surface area contributed by atoms with Crippen molar-refractivity contribution in [3.05, 3.63) is 35.9 Å². The SMILES string of the molecule is NNc1cccc(-c2ncc(F)c(C[C@H]3CCC[C@@H](CC(=O)N4CCCC4)C3)n2)n1. The van der Waals surface area contributed by atoms with Crippen molar-refractivity contribution >= 4 is 11.7 Å². The average molecular weight is 413 g/mol.